The molecule has 1 aliphatic rings. The lowest BCUT2D eigenvalue weighted by atomic mass is 10.1. The van der Waals surface area contributed by atoms with Gasteiger partial charge in [0.15, 0.2) is 0 Å². The number of carbonyl (C=O) groups excluding carboxylic acids is 1. The number of rotatable bonds is 2. The van der Waals surface area contributed by atoms with E-state index in [0.717, 1.165) is 29.1 Å². The first kappa shape index (κ1) is 13.1. The highest BCUT2D eigenvalue weighted by Crippen LogP contribution is 2.31. The lowest BCUT2D eigenvalue weighted by molar-refractivity contribution is -0.119. The van der Waals surface area contributed by atoms with Crippen LogP contribution >= 0.6 is 11.3 Å². The third-order valence-electron chi connectivity index (χ3n) is 3.75. The Morgan fingerprint density at radius 1 is 1.40 bits per heavy atom. The van der Waals surface area contributed by atoms with Gasteiger partial charge in [-0.15, -0.1) is 0 Å². The van der Waals surface area contributed by atoms with Crippen molar-refractivity contribution in [3.8, 4) is 0 Å². The molecule has 1 aromatic heterocycles. The van der Waals surface area contributed by atoms with Crippen LogP contribution in [0.5, 0.6) is 0 Å². The molecule has 2 aromatic rings. The topological polar surface area (TPSA) is 42.3 Å². The van der Waals surface area contributed by atoms with Gasteiger partial charge in [0.25, 0.3) is 0 Å². The predicted octanol–water partition coefficient (Wildman–Crippen LogP) is 2.20. The van der Waals surface area contributed by atoms with Crippen LogP contribution in [0.1, 0.15) is 18.2 Å². The monoisotopic (exact) mass is 288 g/mol. The minimum Gasteiger partial charge on any atom is -0.307 e. The van der Waals surface area contributed by atoms with Gasteiger partial charge in [-0.05, 0) is 31.9 Å². The molecule has 4 nitrogen and oxygen atoms in total. The SMILES string of the molecule is Cc1csc(=O)n1CC(=O)N1c2ccccc2CC1C. The summed E-state index contributed by atoms with van der Waals surface area (Å²) >= 11 is 1.14. The number of aryl methyl sites for hydroxylation is 1. The van der Waals surface area contributed by atoms with Crippen LogP contribution in [0, 0.1) is 6.92 Å². The number of anilines is 1. The van der Waals surface area contributed by atoms with Gasteiger partial charge < -0.3 is 4.90 Å². The van der Waals surface area contributed by atoms with E-state index >= 15 is 0 Å². The van der Waals surface area contributed by atoms with Crippen LogP contribution in [0.2, 0.25) is 0 Å². The van der Waals surface area contributed by atoms with Crippen molar-refractivity contribution in [3.05, 3.63) is 50.6 Å². The van der Waals surface area contributed by atoms with Crippen molar-refractivity contribution in [1.29, 1.82) is 0 Å². The first-order valence-corrected chi connectivity index (χ1v) is 7.51. The van der Waals surface area contributed by atoms with Crippen LogP contribution in [0.3, 0.4) is 0 Å². The number of hydrogen-bond acceptors (Lipinski definition) is 3. The average Bonchev–Trinajstić information content (AvgIpc) is 2.91. The summed E-state index contributed by atoms with van der Waals surface area (Å²) in [6.07, 6.45) is 0.874. The molecular weight excluding hydrogens is 272 g/mol. The van der Waals surface area contributed by atoms with E-state index in [2.05, 4.69) is 6.07 Å². The molecule has 2 heterocycles. The molecule has 0 aliphatic carbocycles. The Balaban J connectivity index is 1.90. The zero-order valence-corrected chi connectivity index (χ0v) is 12.3. The molecule has 5 heteroatoms. The number of aromatic nitrogens is 1. The van der Waals surface area contributed by atoms with Gasteiger partial charge in [-0.25, -0.2) is 0 Å². The first-order chi connectivity index (χ1) is 9.58. The normalized spacial score (nSPS) is 17.3. The van der Waals surface area contributed by atoms with Crippen molar-refractivity contribution < 1.29 is 4.79 Å². The van der Waals surface area contributed by atoms with Crippen molar-refractivity contribution in [1.82, 2.24) is 4.57 Å². The summed E-state index contributed by atoms with van der Waals surface area (Å²) in [6, 6.07) is 8.11. The Hall–Kier alpha value is -1.88. The largest absolute Gasteiger partial charge is 0.307 e. The molecule has 0 saturated carbocycles. The van der Waals surface area contributed by atoms with Crippen LogP contribution in [-0.2, 0) is 17.8 Å². The van der Waals surface area contributed by atoms with Crippen molar-refractivity contribution in [2.24, 2.45) is 0 Å². The smallest absolute Gasteiger partial charge is 0.307 e. The Labute approximate surface area is 121 Å². The lowest BCUT2D eigenvalue weighted by Crippen LogP contribution is -2.39. The summed E-state index contributed by atoms with van der Waals surface area (Å²) < 4.78 is 1.54. The third kappa shape index (κ3) is 2.08. The highest BCUT2D eigenvalue weighted by atomic mass is 32.1. The fraction of sp³-hybridized carbons (Fsp3) is 0.333. The molecule has 104 valence electrons. The molecule has 3 rings (SSSR count). The molecule has 0 fully saturated rings. The number of amides is 1. The standard InChI is InChI=1S/C15H16N2O2S/c1-10-7-12-5-3-4-6-13(12)17(10)14(18)8-16-11(2)9-20-15(16)19/h3-6,9-10H,7-8H2,1-2H3. The fourth-order valence-corrected chi connectivity index (χ4v) is 3.49. The van der Waals surface area contributed by atoms with E-state index in [1.165, 1.54) is 5.56 Å². The van der Waals surface area contributed by atoms with Gasteiger partial charge in [-0.2, -0.15) is 0 Å². The van der Waals surface area contributed by atoms with Crippen molar-refractivity contribution in [3.63, 3.8) is 0 Å². The zero-order valence-electron chi connectivity index (χ0n) is 11.5. The van der Waals surface area contributed by atoms with Gasteiger partial charge in [-0.3, -0.25) is 14.2 Å². The molecule has 1 atom stereocenters. The van der Waals surface area contributed by atoms with Crippen LogP contribution in [-0.4, -0.2) is 16.5 Å². The molecule has 1 aromatic carbocycles. The van der Waals surface area contributed by atoms with E-state index in [-0.39, 0.29) is 23.4 Å². The molecule has 0 N–H and O–H groups in total. The van der Waals surface area contributed by atoms with Crippen molar-refractivity contribution >= 4 is 22.9 Å². The summed E-state index contributed by atoms with van der Waals surface area (Å²) in [5.41, 5.74) is 3.02. The Kier molecular flexibility index (Phi) is 3.22. The summed E-state index contributed by atoms with van der Waals surface area (Å²) in [5, 5.41) is 1.79. The summed E-state index contributed by atoms with van der Waals surface area (Å²) in [7, 11) is 0. The first-order valence-electron chi connectivity index (χ1n) is 6.63. The van der Waals surface area contributed by atoms with Crippen LogP contribution in [0.15, 0.2) is 34.4 Å². The molecular formula is C15H16N2O2S. The van der Waals surface area contributed by atoms with Gasteiger partial charge in [0.05, 0.1) is 0 Å². The van der Waals surface area contributed by atoms with E-state index in [1.54, 1.807) is 9.95 Å². The quantitative estimate of drug-likeness (QED) is 0.850. The van der Waals surface area contributed by atoms with Crippen molar-refractivity contribution in [2.75, 3.05) is 4.90 Å². The molecule has 0 radical (unpaired) electrons. The lowest BCUT2D eigenvalue weighted by Gasteiger charge is -2.23. The van der Waals surface area contributed by atoms with Crippen LogP contribution in [0.25, 0.3) is 0 Å². The molecule has 20 heavy (non-hydrogen) atoms. The minimum atomic E-state index is -0.0732. The number of hydrogen-bond donors (Lipinski definition) is 0. The van der Waals surface area contributed by atoms with Gasteiger partial charge >= 0.3 is 4.87 Å². The average molecular weight is 288 g/mol. The molecule has 1 amide bonds. The van der Waals surface area contributed by atoms with E-state index in [9.17, 15) is 9.59 Å². The maximum atomic E-state index is 12.6. The second kappa shape index (κ2) is 4.90. The molecule has 1 unspecified atom stereocenters. The number of thiazole rings is 1. The number of carbonyl (C=O) groups is 1. The van der Waals surface area contributed by atoms with Gasteiger partial charge in [0, 0.05) is 22.8 Å². The zero-order chi connectivity index (χ0) is 14.3. The number of fused-ring (bicyclic) bond motifs is 1. The summed E-state index contributed by atoms with van der Waals surface area (Å²) in [5.74, 6) is -0.0222. The van der Waals surface area contributed by atoms with E-state index in [0.29, 0.717) is 0 Å². The second-order valence-corrected chi connectivity index (χ2v) is 6.00. The molecule has 0 saturated heterocycles. The van der Waals surface area contributed by atoms with E-state index < -0.39 is 0 Å². The number of benzene rings is 1. The second-order valence-electron chi connectivity index (χ2n) is 5.17. The Morgan fingerprint density at radius 2 is 2.15 bits per heavy atom. The summed E-state index contributed by atoms with van der Waals surface area (Å²) in [4.78, 5) is 26.0. The van der Waals surface area contributed by atoms with E-state index in [1.807, 2.05) is 36.9 Å². The fourth-order valence-electron chi connectivity index (χ4n) is 2.75. The van der Waals surface area contributed by atoms with Gasteiger partial charge in [0.2, 0.25) is 5.91 Å². The number of para-hydroxylation sites is 1. The number of nitrogens with zero attached hydrogens (tertiary/aromatic N) is 2. The molecule has 0 bridgehead atoms. The van der Waals surface area contributed by atoms with Gasteiger partial charge in [-0.1, -0.05) is 29.5 Å². The van der Waals surface area contributed by atoms with Crippen molar-refractivity contribution in [2.45, 2.75) is 32.9 Å². The Morgan fingerprint density at radius 3 is 2.85 bits per heavy atom. The van der Waals surface area contributed by atoms with Gasteiger partial charge in [0.1, 0.15) is 6.54 Å². The highest BCUT2D eigenvalue weighted by molar-refractivity contribution is 7.07. The summed E-state index contributed by atoms with van der Waals surface area (Å²) in [6.45, 7) is 4.01. The molecule has 0 spiro atoms. The predicted molar refractivity (Wildman–Crippen MR) is 80.4 cm³/mol. The maximum Gasteiger partial charge on any atom is 0.307 e. The highest BCUT2D eigenvalue weighted by Gasteiger charge is 2.30. The minimum absolute atomic E-state index is 0.0222. The maximum absolute atomic E-state index is 12.6. The van der Waals surface area contributed by atoms with Crippen LogP contribution in [0.4, 0.5) is 5.69 Å². The van der Waals surface area contributed by atoms with Crippen LogP contribution < -0.4 is 9.77 Å². The third-order valence-corrected chi connectivity index (χ3v) is 4.63. The molecule has 1 aliphatic heterocycles. The van der Waals surface area contributed by atoms with E-state index in [4.69, 9.17) is 0 Å². The Bertz CT molecular complexity index is 717.